The van der Waals surface area contributed by atoms with E-state index in [0.29, 0.717) is 5.75 Å². The predicted molar refractivity (Wildman–Crippen MR) is 85.5 cm³/mol. The van der Waals surface area contributed by atoms with Crippen molar-refractivity contribution >= 4 is 6.08 Å². The molecule has 1 aromatic carbocycles. The second kappa shape index (κ2) is 6.98. The average molecular weight is 257 g/mol. The van der Waals surface area contributed by atoms with Gasteiger partial charge in [-0.2, -0.15) is 0 Å². The second-order valence-electron chi connectivity index (χ2n) is 5.49. The summed E-state index contributed by atoms with van der Waals surface area (Å²) in [7, 11) is 0. The number of allylic oxidation sites excluding steroid dienone is 4. The van der Waals surface area contributed by atoms with Crippen molar-refractivity contribution < 1.29 is 5.11 Å². The Hall–Kier alpha value is -1.76. The van der Waals surface area contributed by atoms with E-state index in [2.05, 4.69) is 45.6 Å². The van der Waals surface area contributed by atoms with Crippen molar-refractivity contribution in [2.75, 3.05) is 0 Å². The van der Waals surface area contributed by atoms with Crippen LogP contribution in [-0.2, 0) is 0 Å². The third-order valence-corrected chi connectivity index (χ3v) is 3.27. The van der Waals surface area contributed by atoms with Gasteiger partial charge in [0.2, 0.25) is 0 Å². The molecule has 2 N–H and O–H groups in total. The van der Waals surface area contributed by atoms with Crippen LogP contribution in [0.2, 0.25) is 0 Å². The van der Waals surface area contributed by atoms with Gasteiger partial charge in [0, 0.05) is 17.5 Å². The van der Waals surface area contributed by atoms with Crippen LogP contribution in [0, 0.1) is 5.41 Å². The van der Waals surface area contributed by atoms with Crippen LogP contribution in [0.1, 0.15) is 39.2 Å². The summed E-state index contributed by atoms with van der Waals surface area (Å²) in [5.74, 6) is 0.548. The van der Waals surface area contributed by atoms with Gasteiger partial charge in [0.15, 0.2) is 0 Å². The summed E-state index contributed by atoms with van der Waals surface area (Å²) in [5, 5.41) is 7.47. The summed E-state index contributed by atoms with van der Waals surface area (Å²) < 4.78 is 0. The Morgan fingerprint density at radius 1 is 1.26 bits per heavy atom. The van der Waals surface area contributed by atoms with Crippen LogP contribution in [0.15, 0.2) is 54.6 Å². The summed E-state index contributed by atoms with van der Waals surface area (Å²) in [6, 6.07) is 7.57. The Balaban J connectivity index is 2.71. The molecule has 0 saturated carbocycles. The Labute approximate surface area is 117 Å². The number of hydrogen-bond donors (Lipinski definition) is 0. The summed E-state index contributed by atoms with van der Waals surface area (Å²) in [6.45, 7) is 10.4. The van der Waals surface area contributed by atoms with Crippen LogP contribution in [0.3, 0.4) is 0 Å². The molecule has 102 valence electrons. The third-order valence-electron chi connectivity index (χ3n) is 3.27. The quantitative estimate of drug-likeness (QED) is 0.501. The summed E-state index contributed by atoms with van der Waals surface area (Å²) in [6.07, 6.45) is 10.7. The maximum absolute atomic E-state index is 7.47. The molecule has 1 aromatic rings. The minimum Gasteiger partial charge on any atom is -0.593 e. The van der Waals surface area contributed by atoms with E-state index < -0.39 is 0 Å². The first-order valence-corrected chi connectivity index (χ1v) is 6.73. The van der Waals surface area contributed by atoms with Gasteiger partial charge < -0.3 is 5.11 Å². The largest absolute Gasteiger partial charge is 0.593 e. The minimum atomic E-state index is 0.0194. The highest BCUT2D eigenvalue weighted by molar-refractivity contribution is 5.51. The van der Waals surface area contributed by atoms with Gasteiger partial charge in [0.25, 0.3) is 5.75 Å². The van der Waals surface area contributed by atoms with Crippen molar-refractivity contribution in [3.63, 3.8) is 0 Å². The van der Waals surface area contributed by atoms with Crippen LogP contribution < -0.4 is 0 Å². The zero-order valence-electron chi connectivity index (χ0n) is 12.2. The fourth-order valence-electron chi connectivity index (χ4n) is 1.81. The van der Waals surface area contributed by atoms with Crippen molar-refractivity contribution in [1.82, 2.24) is 0 Å². The molecule has 1 nitrogen and oxygen atoms in total. The molecule has 1 heteroatoms. The van der Waals surface area contributed by atoms with Crippen LogP contribution in [0.4, 0.5) is 0 Å². The SMILES string of the molecule is C=C[C@@](C)(/C=C/c1ccc([OH2+])cc1)CCC=C(C)C. The van der Waals surface area contributed by atoms with E-state index in [9.17, 15) is 0 Å². The molecule has 0 saturated heterocycles. The van der Waals surface area contributed by atoms with E-state index in [1.165, 1.54) is 5.57 Å². The van der Waals surface area contributed by atoms with Gasteiger partial charge in [0.1, 0.15) is 0 Å². The molecule has 0 aliphatic rings. The van der Waals surface area contributed by atoms with Gasteiger partial charge in [0.05, 0.1) is 0 Å². The van der Waals surface area contributed by atoms with Crippen LogP contribution in [-0.4, -0.2) is 5.11 Å². The minimum absolute atomic E-state index is 0.0194. The molecular weight excluding hydrogens is 232 g/mol. The molecular formula is C18H25O+. The molecule has 1 rings (SSSR count). The topological polar surface area (TPSA) is 22.9 Å². The summed E-state index contributed by atoms with van der Waals surface area (Å²) in [4.78, 5) is 0. The molecule has 0 aromatic heterocycles. The Bertz CT molecular complexity index is 461. The Kier molecular flexibility index (Phi) is 5.62. The van der Waals surface area contributed by atoms with Crippen LogP contribution >= 0.6 is 0 Å². The van der Waals surface area contributed by atoms with E-state index >= 15 is 0 Å². The van der Waals surface area contributed by atoms with Crippen molar-refractivity contribution in [3.05, 3.63) is 60.2 Å². The number of benzene rings is 1. The zero-order chi connectivity index (χ0) is 14.3. The highest BCUT2D eigenvalue weighted by atomic mass is 16.3. The molecule has 0 aliphatic heterocycles. The Morgan fingerprint density at radius 3 is 2.42 bits per heavy atom. The number of hydrogen-bond acceptors (Lipinski definition) is 0. The smallest absolute Gasteiger partial charge is 0.253 e. The monoisotopic (exact) mass is 257 g/mol. The van der Waals surface area contributed by atoms with Crippen molar-refractivity contribution in [3.8, 4) is 5.75 Å². The lowest BCUT2D eigenvalue weighted by atomic mass is 9.84. The van der Waals surface area contributed by atoms with Gasteiger partial charge in [-0.3, -0.25) is 0 Å². The average Bonchev–Trinajstić information content (AvgIpc) is 2.38. The predicted octanol–water partition coefficient (Wildman–Crippen LogP) is 5.08. The third kappa shape index (κ3) is 5.60. The molecule has 0 aliphatic carbocycles. The molecule has 0 radical (unpaired) electrons. The first-order chi connectivity index (χ1) is 8.95. The van der Waals surface area contributed by atoms with E-state index in [1.807, 2.05) is 30.3 Å². The molecule has 0 bridgehead atoms. The van der Waals surface area contributed by atoms with Crippen LogP contribution in [0.25, 0.3) is 6.08 Å². The molecule has 19 heavy (non-hydrogen) atoms. The fraction of sp³-hybridized carbons (Fsp3) is 0.333. The van der Waals surface area contributed by atoms with E-state index in [-0.39, 0.29) is 5.41 Å². The molecule has 0 spiro atoms. The fourth-order valence-corrected chi connectivity index (χ4v) is 1.81. The van der Waals surface area contributed by atoms with Crippen molar-refractivity contribution in [1.29, 1.82) is 0 Å². The highest BCUT2D eigenvalue weighted by Gasteiger charge is 2.14. The maximum Gasteiger partial charge on any atom is 0.253 e. The lowest BCUT2D eigenvalue weighted by Gasteiger charge is -2.20. The Morgan fingerprint density at radius 2 is 1.89 bits per heavy atom. The maximum atomic E-state index is 7.47. The molecule has 0 unspecified atom stereocenters. The van der Waals surface area contributed by atoms with Gasteiger partial charge in [-0.15, -0.1) is 6.58 Å². The normalized spacial score (nSPS) is 14.1. The van der Waals surface area contributed by atoms with Crippen molar-refractivity contribution in [2.24, 2.45) is 5.41 Å². The lowest BCUT2D eigenvalue weighted by molar-refractivity contribution is 0.475. The molecule has 0 fully saturated rings. The number of rotatable bonds is 6. The van der Waals surface area contributed by atoms with Gasteiger partial charge in [-0.25, -0.2) is 0 Å². The van der Waals surface area contributed by atoms with Gasteiger partial charge in [-0.1, -0.05) is 36.8 Å². The van der Waals surface area contributed by atoms with E-state index in [4.69, 9.17) is 5.11 Å². The molecule has 0 amide bonds. The van der Waals surface area contributed by atoms with Gasteiger partial charge >= 0.3 is 0 Å². The van der Waals surface area contributed by atoms with E-state index in [1.54, 1.807) is 0 Å². The molecule has 1 atom stereocenters. The van der Waals surface area contributed by atoms with Gasteiger partial charge in [-0.05, 0) is 44.4 Å². The zero-order valence-corrected chi connectivity index (χ0v) is 12.2. The second-order valence-corrected chi connectivity index (χ2v) is 5.49. The van der Waals surface area contributed by atoms with Crippen molar-refractivity contribution in [2.45, 2.75) is 33.6 Å². The lowest BCUT2D eigenvalue weighted by Crippen LogP contribution is -2.08. The first kappa shape index (κ1) is 15.3. The highest BCUT2D eigenvalue weighted by Crippen LogP contribution is 2.28. The first-order valence-electron chi connectivity index (χ1n) is 6.73. The molecule has 0 heterocycles. The standard InChI is InChI=1S/C18H24O/c1-5-18(4,13-6-7-15(2)3)14-12-16-8-10-17(19)11-9-16/h5,7-12,14,19H,1,6,13H2,2-4H3/p+1/b14-12+/t18-/m1/s1. The van der Waals surface area contributed by atoms with Crippen LogP contribution in [0.5, 0.6) is 5.75 Å². The van der Waals surface area contributed by atoms with E-state index in [0.717, 1.165) is 18.4 Å². The summed E-state index contributed by atoms with van der Waals surface area (Å²) >= 11 is 0. The summed E-state index contributed by atoms with van der Waals surface area (Å²) in [5.41, 5.74) is 2.51.